The van der Waals surface area contributed by atoms with Gasteiger partial charge in [-0.25, -0.2) is 0 Å². The lowest BCUT2D eigenvalue weighted by Crippen LogP contribution is -2.26. The van der Waals surface area contributed by atoms with E-state index in [1.54, 1.807) is 6.07 Å². The Morgan fingerprint density at radius 1 is 1.16 bits per heavy atom. The van der Waals surface area contributed by atoms with Gasteiger partial charge >= 0.3 is 0 Å². The maximum Gasteiger partial charge on any atom is 0.124 e. The second kappa shape index (κ2) is 9.24. The molecule has 25 heavy (non-hydrogen) atoms. The summed E-state index contributed by atoms with van der Waals surface area (Å²) in [6, 6.07) is 11.4. The van der Waals surface area contributed by atoms with Crippen LogP contribution in [0.3, 0.4) is 0 Å². The maximum absolute atomic E-state index is 6.22. The summed E-state index contributed by atoms with van der Waals surface area (Å²) in [7, 11) is 0. The van der Waals surface area contributed by atoms with Crippen LogP contribution in [0.2, 0.25) is 10.0 Å². The fourth-order valence-corrected chi connectivity index (χ4v) is 3.67. The molecule has 1 N–H and O–H groups in total. The average molecular weight is 445 g/mol. The van der Waals surface area contributed by atoms with E-state index in [4.69, 9.17) is 32.7 Å². The third-order valence-electron chi connectivity index (χ3n) is 4.13. The first kappa shape index (κ1) is 19.0. The Morgan fingerprint density at radius 3 is 2.80 bits per heavy atom. The Hall–Kier alpha value is -0.780. The minimum atomic E-state index is 0.324. The van der Waals surface area contributed by atoms with Crippen LogP contribution in [-0.4, -0.2) is 19.3 Å². The van der Waals surface area contributed by atoms with E-state index in [-0.39, 0.29) is 0 Å². The topological polar surface area (TPSA) is 30.5 Å². The van der Waals surface area contributed by atoms with Gasteiger partial charge in [0.2, 0.25) is 0 Å². The molecule has 2 aromatic rings. The summed E-state index contributed by atoms with van der Waals surface area (Å²) in [6.45, 7) is 2.85. The Morgan fingerprint density at radius 2 is 2.04 bits per heavy atom. The van der Waals surface area contributed by atoms with Crippen LogP contribution in [0.25, 0.3) is 0 Å². The van der Waals surface area contributed by atoms with Crippen LogP contribution in [0.15, 0.2) is 40.9 Å². The zero-order valence-corrected chi connectivity index (χ0v) is 16.8. The number of benzene rings is 2. The molecule has 0 saturated carbocycles. The molecular formula is C19H20BrCl2NO2. The van der Waals surface area contributed by atoms with Gasteiger partial charge in [0.05, 0.1) is 6.10 Å². The van der Waals surface area contributed by atoms with E-state index in [2.05, 4.69) is 27.3 Å². The minimum Gasteiger partial charge on any atom is -0.489 e. The summed E-state index contributed by atoms with van der Waals surface area (Å²) >= 11 is 15.7. The highest BCUT2D eigenvalue weighted by atomic mass is 79.9. The Kier molecular flexibility index (Phi) is 7.02. The molecule has 1 aliphatic rings. The van der Waals surface area contributed by atoms with Gasteiger partial charge in [0.15, 0.2) is 0 Å². The van der Waals surface area contributed by atoms with Crippen molar-refractivity contribution in [3.05, 3.63) is 62.0 Å². The quantitative estimate of drug-likeness (QED) is 0.602. The molecule has 3 nitrogen and oxygen atoms in total. The second-order valence-electron chi connectivity index (χ2n) is 6.04. The van der Waals surface area contributed by atoms with Crippen molar-refractivity contribution in [2.24, 2.45) is 0 Å². The third kappa shape index (κ3) is 5.60. The summed E-state index contributed by atoms with van der Waals surface area (Å²) in [5.74, 6) is 0.842. The van der Waals surface area contributed by atoms with Gasteiger partial charge in [-0.05, 0) is 43.2 Å². The molecule has 0 radical (unpaired) electrons. The molecule has 1 aliphatic heterocycles. The van der Waals surface area contributed by atoms with E-state index >= 15 is 0 Å². The van der Waals surface area contributed by atoms with Gasteiger partial charge in [0, 0.05) is 45.3 Å². The monoisotopic (exact) mass is 443 g/mol. The van der Waals surface area contributed by atoms with Crippen LogP contribution in [0, 0.1) is 0 Å². The van der Waals surface area contributed by atoms with E-state index in [0.29, 0.717) is 22.8 Å². The van der Waals surface area contributed by atoms with Gasteiger partial charge in [-0.1, -0.05) is 45.2 Å². The second-order valence-corrected chi connectivity index (χ2v) is 7.80. The number of rotatable bonds is 7. The minimum absolute atomic E-state index is 0.324. The highest BCUT2D eigenvalue weighted by Crippen LogP contribution is 2.26. The first-order valence-electron chi connectivity index (χ1n) is 8.29. The summed E-state index contributed by atoms with van der Waals surface area (Å²) in [4.78, 5) is 0. The molecule has 0 bridgehead atoms. The van der Waals surface area contributed by atoms with Crippen molar-refractivity contribution >= 4 is 39.1 Å². The number of nitrogens with one attached hydrogen (secondary N) is 1. The number of ether oxygens (including phenoxy) is 2. The van der Waals surface area contributed by atoms with Crippen molar-refractivity contribution in [1.29, 1.82) is 0 Å². The van der Waals surface area contributed by atoms with Gasteiger partial charge in [-0.3, -0.25) is 0 Å². The number of halogens is 3. The van der Waals surface area contributed by atoms with Crippen molar-refractivity contribution < 1.29 is 9.47 Å². The van der Waals surface area contributed by atoms with Crippen molar-refractivity contribution in [1.82, 2.24) is 5.32 Å². The van der Waals surface area contributed by atoms with Crippen molar-refractivity contribution in [3.63, 3.8) is 0 Å². The normalized spacial score (nSPS) is 17.0. The fourth-order valence-electron chi connectivity index (χ4n) is 2.79. The van der Waals surface area contributed by atoms with Crippen LogP contribution in [0.4, 0.5) is 0 Å². The predicted octanol–water partition coefficient (Wildman–Crippen LogP) is 5.60. The van der Waals surface area contributed by atoms with E-state index in [9.17, 15) is 0 Å². The Bertz CT molecular complexity index is 721. The molecule has 3 rings (SSSR count). The van der Waals surface area contributed by atoms with Crippen LogP contribution in [-0.2, 0) is 17.9 Å². The third-order valence-corrected chi connectivity index (χ3v) is 5.21. The lowest BCUT2D eigenvalue weighted by molar-refractivity contribution is 0.110. The van der Waals surface area contributed by atoms with E-state index < -0.39 is 0 Å². The predicted molar refractivity (Wildman–Crippen MR) is 106 cm³/mol. The Labute approximate surface area is 166 Å². The van der Waals surface area contributed by atoms with Crippen LogP contribution < -0.4 is 10.1 Å². The molecule has 0 amide bonds. The van der Waals surface area contributed by atoms with Gasteiger partial charge in [-0.15, -0.1) is 0 Å². The van der Waals surface area contributed by atoms with E-state index in [1.807, 2.05) is 24.3 Å². The van der Waals surface area contributed by atoms with E-state index in [1.165, 1.54) is 0 Å². The molecule has 0 spiro atoms. The van der Waals surface area contributed by atoms with Crippen LogP contribution in [0.5, 0.6) is 5.75 Å². The smallest absolute Gasteiger partial charge is 0.124 e. The number of hydrogen-bond acceptors (Lipinski definition) is 3. The molecule has 1 heterocycles. The zero-order valence-electron chi connectivity index (χ0n) is 13.7. The molecule has 2 aromatic carbocycles. The van der Waals surface area contributed by atoms with Crippen LogP contribution >= 0.6 is 39.1 Å². The fraction of sp³-hybridized carbons (Fsp3) is 0.368. The van der Waals surface area contributed by atoms with E-state index in [0.717, 1.165) is 53.9 Å². The lowest BCUT2D eigenvalue weighted by Gasteiger charge is -2.15. The molecular weight excluding hydrogens is 425 g/mol. The summed E-state index contributed by atoms with van der Waals surface area (Å²) in [5.41, 5.74) is 2.00. The summed E-state index contributed by atoms with van der Waals surface area (Å²) in [6.07, 6.45) is 2.60. The van der Waals surface area contributed by atoms with Crippen molar-refractivity contribution in [2.45, 2.75) is 32.1 Å². The van der Waals surface area contributed by atoms with Crippen LogP contribution in [0.1, 0.15) is 24.0 Å². The highest BCUT2D eigenvalue weighted by Gasteiger charge is 2.15. The molecule has 1 fully saturated rings. The molecule has 1 saturated heterocycles. The SMILES string of the molecule is Clc1ccc(COc2ccc(Br)cc2CNCC2CCCO2)c(Cl)c1. The molecule has 1 unspecified atom stereocenters. The first-order chi connectivity index (χ1) is 12.1. The molecule has 0 aliphatic carbocycles. The number of hydrogen-bond donors (Lipinski definition) is 1. The zero-order chi connectivity index (χ0) is 17.6. The van der Waals surface area contributed by atoms with Gasteiger partial charge in [0.1, 0.15) is 12.4 Å². The standard InChI is InChI=1S/C19H20BrCl2NO2/c20-15-4-6-19(25-12-13-3-5-16(21)9-18(13)22)14(8-15)10-23-11-17-2-1-7-24-17/h3-6,8-9,17,23H,1-2,7,10-12H2. The molecule has 134 valence electrons. The summed E-state index contributed by atoms with van der Waals surface area (Å²) < 4.78 is 12.7. The maximum atomic E-state index is 6.22. The van der Waals surface area contributed by atoms with Crippen molar-refractivity contribution in [2.75, 3.05) is 13.2 Å². The highest BCUT2D eigenvalue weighted by molar-refractivity contribution is 9.10. The summed E-state index contributed by atoms with van der Waals surface area (Å²) in [5, 5.41) is 4.69. The molecule has 6 heteroatoms. The van der Waals surface area contributed by atoms with Gasteiger partial charge in [-0.2, -0.15) is 0 Å². The van der Waals surface area contributed by atoms with Crippen molar-refractivity contribution in [3.8, 4) is 5.75 Å². The lowest BCUT2D eigenvalue weighted by atomic mass is 10.2. The largest absolute Gasteiger partial charge is 0.489 e. The Balaban J connectivity index is 1.61. The average Bonchev–Trinajstić information content (AvgIpc) is 3.09. The van der Waals surface area contributed by atoms with Gasteiger partial charge in [0.25, 0.3) is 0 Å². The molecule has 1 atom stereocenters. The van der Waals surface area contributed by atoms with Gasteiger partial charge < -0.3 is 14.8 Å². The molecule has 0 aromatic heterocycles. The first-order valence-corrected chi connectivity index (χ1v) is 9.84.